The molecule has 1 nitrogen and oxygen atoms in total. The normalized spacial score (nSPS) is 9.33. The van der Waals surface area contributed by atoms with Crippen LogP contribution in [0.1, 0.15) is 0 Å². The number of aromatic hydroxyl groups is 1. The average Bonchev–Trinajstić information content (AvgIpc) is 2.06. The molecule has 0 saturated carbocycles. The smallest absolute Gasteiger partial charge is 0.123 e. The van der Waals surface area contributed by atoms with Crippen LogP contribution in [0, 0.1) is 0 Å². The molecule has 0 atom stereocenters. The predicted molar refractivity (Wildman–Crippen MR) is 55.6 cm³/mol. The topological polar surface area (TPSA) is 20.2 Å². The zero-order valence-corrected chi connectivity index (χ0v) is 5.99. The molecule has 0 amide bonds. The van der Waals surface area contributed by atoms with Crippen LogP contribution >= 0.6 is 0 Å². The number of phenolic OH excluding ortho intramolecular Hbond substituents is 1. The molecule has 0 fully saturated rings. The minimum absolute atomic E-state index is 0. The Bertz CT molecular complexity index is 379. The van der Waals surface area contributed by atoms with Crippen molar-refractivity contribution < 1.29 is 5.11 Å². The number of rotatable bonds is 0. The van der Waals surface area contributed by atoms with Gasteiger partial charge in [-0.15, -0.1) is 0 Å². The van der Waals surface area contributed by atoms with Gasteiger partial charge < -0.3 is 5.11 Å². The van der Waals surface area contributed by atoms with E-state index in [1.807, 2.05) is 36.4 Å². The van der Waals surface area contributed by atoms with Gasteiger partial charge in [-0.3, -0.25) is 0 Å². The summed E-state index contributed by atoms with van der Waals surface area (Å²) in [5, 5.41) is 11.4. The molecule has 0 bridgehead atoms. The van der Waals surface area contributed by atoms with Gasteiger partial charge in [-0.2, -0.15) is 0 Å². The fraction of sp³-hybridized carbons (Fsp3) is 0. The number of phenols is 1. The first-order valence-corrected chi connectivity index (χ1v) is 3.54. The molecule has 0 spiro atoms. The van der Waals surface area contributed by atoms with E-state index in [2.05, 4.69) is 0 Å². The van der Waals surface area contributed by atoms with Crippen molar-refractivity contribution in [1.82, 2.24) is 0 Å². The largest absolute Gasteiger partial charge is 0.507 e. The first kappa shape index (κ1) is 8.66. The maximum atomic E-state index is 9.37. The molecule has 2 aromatic carbocycles. The van der Waals surface area contributed by atoms with Crippen molar-refractivity contribution >= 4 is 19.2 Å². The summed E-state index contributed by atoms with van der Waals surface area (Å²) in [6.07, 6.45) is 0. The van der Waals surface area contributed by atoms with E-state index in [0.717, 1.165) is 10.8 Å². The second-order valence-corrected chi connectivity index (χ2v) is 2.50. The van der Waals surface area contributed by atoms with Crippen molar-refractivity contribution in [3.63, 3.8) is 0 Å². The van der Waals surface area contributed by atoms with Crippen LogP contribution in [0.2, 0.25) is 0 Å². The Morgan fingerprint density at radius 3 is 2.25 bits per heavy atom. The summed E-state index contributed by atoms with van der Waals surface area (Å²) in [5.74, 6) is 0.350. The van der Waals surface area contributed by atoms with Gasteiger partial charge in [-0.05, 0) is 11.5 Å². The molecule has 0 radical (unpaired) electrons. The molecular formula is C10H11BO. The predicted octanol–water partition coefficient (Wildman–Crippen LogP) is 1.36. The third-order valence-electron chi connectivity index (χ3n) is 1.77. The number of hydrogen-bond donors (Lipinski definition) is 1. The van der Waals surface area contributed by atoms with E-state index in [1.54, 1.807) is 6.07 Å². The number of hydrogen-bond acceptors (Lipinski definition) is 1. The lowest BCUT2D eigenvalue weighted by atomic mass is 10.1. The summed E-state index contributed by atoms with van der Waals surface area (Å²) in [5.41, 5.74) is 0. The van der Waals surface area contributed by atoms with Crippen molar-refractivity contribution in [3.8, 4) is 5.75 Å². The van der Waals surface area contributed by atoms with Crippen LogP contribution < -0.4 is 0 Å². The van der Waals surface area contributed by atoms with Gasteiger partial charge in [0.05, 0.1) is 8.41 Å². The summed E-state index contributed by atoms with van der Waals surface area (Å²) in [7, 11) is 0. The minimum atomic E-state index is 0. The lowest BCUT2D eigenvalue weighted by Crippen LogP contribution is -1.70. The lowest BCUT2D eigenvalue weighted by molar-refractivity contribution is 0.481. The molecule has 60 valence electrons. The zero-order valence-electron chi connectivity index (χ0n) is 5.99. The Kier molecular flexibility index (Phi) is 2.39. The van der Waals surface area contributed by atoms with Gasteiger partial charge in [0.25, 0.3) is 0 Å². The Morgan fingerprint density at radius 2 is 1.50 bits per heavy atom. The molecule has 0 saturated heterocycles. The van der Waals surface area contributed by atoms with E-state index >= 15 is 0 Å². The van der Waals surface area contributed by atoms with E-state index in [0.29, 0.717) is 5.75 Å². The van der Waals surface area contributed by atoms with E-state index in [1.165, 1.54) is 0 Å². The minimum Gasteiger partial charge on any atom is -0.507 e. The molecule has 2 heteroatoms. The highest BCUT2D eigenvalue weighted by Crippen LogP contribution is 2.22. The highest BCUT2D eigenvalue weighted by Gasteiger charge is 1.94. The number of benzene rings is 2. The molecule has 12 heavy (non-hydrogen) atoms. The van der Waals surface area contributed by atoms with Crippen molar-refractivity contribution in [2.24, 2.45) is 0 Å². The van der Waals surface area contributed by atoms with Crippen molar-refractivity contribution in [2.45, 2.75) is 0 Å². The third-order valence-corrected chi connectivity index (χ3v) is 1.77. The number of fused-ring (bicyclic) bond motifs is 1. The van der Waals surface area contributed by atoms with Crippen LogP contribution in [0.15, 0.2) is 42.5 Å². The van der Waals surface area contributed by atoms with E-state index in [9.17, 15) is 5.11 Å². The van der Waals surface area contributed by atoms with Gasteiger partial charge in [-0.25, -0.2) is 0 Å². The van der Waals surface area contributed by atoms with Gasteiger partial charge in [0, 0.05) is 5.39 Å². The quantitative estimate of drug-likeness (QED) is 0.574. The van der Waals surface area contributed by atoms with Crippen LogP contribution in [-0.4, -0.2) is 13.5 Å². The highest BCUT2D eigenvalue weighted by atomic mass is 16.3. The average molecular weight is 158 g/mol. The fourth-order valence-electron chi connectivity index (χ4n) is 1.21. The fourth-order valence-corrected chi connectivity index (χ4v) is 1.21. The zero-order chi connectivity index (χ0) is 7.68. The maximum Gasteiger partial charge on any atom is 0.123 e. The van der Waals surface area contributed by atoms with Gasteiger partial charge in [-0.1, -0.05) is 36.4 Å². The molecular weight excluding hydrogens is 147 g/mol. The van der Waals surface area contributed by atoms with Gasteiger partial charge in [0.2, 0.25) is 0 Å². The summed E-state index contributed by atoms with van der Waals surface area (Å²) in [6, 6.07) is 13.3. The molecule has 0 aliphatic carbocycles. The van der Waals surface area contributed by atoms with Crippen LogP contribution in [0.4, 0.5) is 0 Å². The summed E-state index contributed by atoms with van der Waals surface area (Å²) in [6.45, 7) is 0. The SMILES string of the molecule is B.Oc1cccc2ccccc12. The van der Waals surface area contributed by atoms with Crippen molar-refractivity contribution in [2.75, 3.05) is 0 Å². The first-order valence-electron chi connectivity index (χ1n) is 3.54. The van der Waals surface area contributed by atoms with Crippen LogP contribution in [-0.2, 0) is 0 Å². The summed E-state index contributed by atoms with van der Waals surface area (Å²) in [4.78, 5) is 0. The monoisotopic (exact) mass is 158 g/mol. The standard InChI is InChI=1S/C10H8O.BH3/c11-10-7-3-5-8-4-1-2-6-9(8)10;/h1-7,11H;1H3. The highest BCUT2D eigenvalue weighted by molar-refractivity contribution is 5.87. The molecule has 0 aliphatic rings. The Morgan fingerprint density at radius 1 is 0.833 bits per heavy atom. The summed E-state index contributed by atoms with van der Waals surface area (Å²) >= 11 is 0. The Hall–Kier alpha value is -1.44. The first-order chi connectivity index (χ1) is 5.38. The molecule has 0 aliphatic heterocycles. The van der Waals surface area contributed by atoms with Gasteiger partial charge >= 0.3 is 0 Å². The van der Waals surface area contributed by atoms with Crippen LogP contribution in [0.3, 0.4) is 0 Å². The molecule has 0 aromatic heterocycles. The molecule has 0 unspecified atom stereocenters. The van der Waals surface area contributed by atoms with Gasteiger partial charge in [0.1, 0.15) is 5.75 Å². The van der Waals surface area contributed by atoms with Crippen molar-refractivity contribution in [1.29, 1.82) is 0 Å². The van der Waals surface area contributed by atoms with E-state index in [4.69, 9.17) is 0 Å². The second kappa shape index (κ2) is 3.31. The second-order valence-electron chi connectivity index (χ2n) is 2.50. The van der Waals surface area contributed by atoms with E-state index in [-0.39, 0.29) is 8.41 Å². The molecule has 1 N–H and O–H groups in total. The Balaban J connectivity index is 0.000000720. The van der Waals surface area contributed by atoms with E-state index < -0.39 is 0 Å². The third kappa shape index (κ3) is 1.28. The van der Waals surface area contributed by atoms with Gasteiger partial charge in [0.15, 0.2) is 0 Å². The molecule has 0 heterocycles. The molecule has 2 rings (SSSR count). The lowest BCUT2D eigenvalue weighted by Gasteiger charge is -1.97. The maximum absolute atomic E-state index is 9.37. The summed E-state index contributed by atoms with van der Waals surface area (Å²) < 4.78 is 0. The molecule has 2 aromatic rings. The Labute approximate surface area is 73.2 Å². The van der Waals surface area contributed by atoms with Crippen LogP contribution in [0.5, 0.6) is 5.75 Å². The van der Waals surface area contributed by atoms with Crippen LogP contribution in [0.25, 0.3) is 10.8 Å². The van der Waals surface area contributed by atoms with Crippen molar-refractivity contribution in [3.05, 3.63) is 42.5 Å².